The number of pyridine rings is 2. The molecule has 4 heterocycles. The molecule has 0 atom stereocenters. The molecule has 2 aliphatic carbocycles. The van der Waals surface area contributed by atoms with E-state index in [2.05, 4.69) is 281 Å². The molecule has 5 heteroatoms. The zero-order chi connectivity index (χ0) is 58.8. The predicted octanol–water partition coefficient (Wildman–Crippen LogP) is 21.0. The van der Waals surface area contributed by atoms with Crippen LogP contribution in [0.1, 0.15) is 22.3 Å². The molecule has 2 aliphatic rings. The number of hydrogen-bond donors (Lipinski definition) is 0. The van der Waals surface area contributed by atoms with Gasteiger partial charge in [-0.2, -0.15) is 0 Å². The van der Waals surface area contributed by atoms with Gasteiger partial charge < -0.3 is 19.1 Å². The quantitative estimate of drug-likeness (QED) is 0.142. The monoisotopic (exact) mass is 1330 g/mol. The molecule has 427 valence electrons. The summed E-state index contributed by atoms with van der Waals surface area (Å²) in [5.41, 5.74) is 28.9. The summed E-state index contributed by atoms with van der Waals surface area (Å²) in [5.74, 6) is 0. The van der Waals surface area contributed by atoms with E-state index in [1.807, 2.05) is 54.7 Å². The van der Waals surface area contributed by atoms with Crippen molar-refractivity contribution in [2.75, 3.05) is 0 Å². The fourth-order valence-electron chi connectivity index (χ4n) is 14.3. The van der Waals surface area contributed by atoms with Gasteiger partial charge in [-0.05, 0) is 164 Å². The Kier molecular flexibility index (Phi) is 13.8. The van der Waals surface area contributed by atoms with E-state index in [4.69, 9.17) is 4.98 Å². The molecule has 0 unspecified atom stereocenters. The van der Waals surface area contributed by atoms with E-state index in [9.17, 15) is 0 Å². The van der Waals surface area contributed by atoms with Crippen LogP contribution in [0.25, 0.3) is 133 Å². The molecule has 12 aromatic carbocycles. The van der Waals surface area contributed by atoms with Crippen LogP contribution in [-0.4, -0.2) is 19.1 Å². The Morgan fingerprint density at radius 3 is 1.09 bits per heavy atom. The molecule has 1 radical (unpaired) electrons. The summed E-state index contributed by atoms with van der Waals surface area (Å²) in [5, 5.41) is 5.10. The minimum absolute atomic E-state index is 0. The van der Waals surface area contributed by atoms with Crippen LogP contribution in [0.15, 0.2) is 316 Å². The van der Waals surface area contributed by atoms with Crippen molar-refractivity contribution in [1.82, 2.24) is 19.1 Å². The number of benzene rings is 12. The minimum Gasteiger partial charge on any atom is -0.309 e. The zero-order valence-electron chi connectivity index (χ0n) is 49.1. The standard InChI is InChI=1S/C74H48N3.C11H8N.Ir/c1-5-16-70-63(11-1)64-12-2-6-17-71(64)76(70)59-36-30-50(31-37-59)48-20-24-52(25-21-48)54-34-40-61-62-41-35-55(45-68(62)74(67(61)44-54)46-57-29-28-56(43-58(57)47-74)69-15-9-10-42-75-69)53-26-22-49(23-27-53)51-32-38-60(39-33-51)77-72-18-7-3-13-65(72)66-14-4-8-19-73(66)77;1-2-6-10(7-3-1)11-8-4-5-9-12-11;/h1-27,29-45H,46-47H2;1-6,8-9H;/q2*-1;. The number of hydrogen-bond acceptors (Lipinski definition) is 2. The van der Waals surface area contributed by atoms with Crippen LogP contribution < -0.4 is 0 Å². The van der Waals surface area contributed by atoms with Crippen molar-refractivity contribution < 1.29 is 20.1 Å². The second-order valence-electron chi connectivity index (χ2n) is 23.5. The van der Waals surface area contributed by atoms with Gasteiger partial charge in [0.25, 0.3) is 0 Å². The summed E-state index contributed by atoms with van der Waals surface area (Å²) in [6, 6.07) is 117. The molecule has 0 bridgehead atoms. The third-order valence-electron chi connectivity index (χ3n) is 18.6. The van der Waals surface area contributed by atoms with Gasteiger partial charge in [-0.1, -0.05) is 194 Å². The predicted molar refractivity (Wildman–Crippen MR) is 368 cm³/mol. The fourth-order valence-corrected chi connectivity index (χ4v) is 14.3. The molecule has 0 saturated heterocycles. The third kappa shape index (κ3) is 9.41. The van der Waals surface area contributed by atoms with E-state index in [0.717, 1.165) is 46.7 Å². The molecule has 4 aromatic heterocycles. The number of aromatic nitrogens is 4. The SMILES string of the molecule is [Ir].[c-]1cc2c(cc1-c1ccccn1)CC1(C2)c2cc(-c3ccc(-c4ccc(-n5c6ccccc6c6ccccc65)cc4)cc3)ccc2-c2ccc(-c3ccc(-c4ccc(-n5c6ccccc6c6ccccc65)cc4)cc3)cc21.[c-]1ccccc1-c1ccccn1. The van der Waals surface area contributed by atoms with Gasteiger partial charge in [0, 0.05) is 70.8 Å². The summed E-state index contributed by atoms with van der Waals surface area (Å²) >= 11 is 0. The maximum atomic E-state index is 4.71. The van der Waals surface area contributed by atoms with Crippen LogP contribution in [0.2, 0.25) is 0 Å². The van der Waals surface area contributed by atoms with Crippen molar-refractivity contribution in [1.29, 1.82) is 0 Å². The van der Waals surface area contributed by atoms with Gasteiger partial charge >= 0.3 is 0 Å². The van der Waals surface area contributed by atoms with Crippen LogP contribution in [0.4, 0.5) is 0 Å². The first-order valence-corrected chi connectivity index (χ1v) is 30.6. The smallest absolute Gasteiger partial charge is 0.0541 e. The normalized spacial score (nSPS) is 12.6. The summed E-state index contributed by atoms with van der Waals surface area (Å²) in [7, 11) is 0. The number of para-hydroxylation sites is 4. The van der Waals surface area contributed by atoms with Gasteiger partial charge in [0.2, 0.25) is 0 Å². The summed E-state index contributed by atoms with van der Waals surface area (Å²) in [6.07, 6.45) is 5.49. The van der Waals surface area contributed by atoms with Crippen molar-refractivity contribution in [2.45, 2.75) is 18.3 Å². The van der Waals surface area contributed by atoms with E-state index >= 15 is 0 Å². The molecule has 0 amide bonds. The Balaban J connectivity index is 0.000000447. The first-order chi connectivity index (χ1) is 44.1. The van der Waals surface area contributed by atoms with Crippen molar-refractivity contribution in [3.05, 3.63) is 350 Å². The topological polar surface area (TPSA) is 35.6 Å². The zero-order valence-corrected chi connectivity index (χ0v) is 51.5. The average molecular weight is 1330 g/mol. The summed E-state index contributed by atoms with van der Waals surface area (Å²) in [4.78, 5) is 8.93. The minimum atomic E-state index is -0.230. The number of nitrogens with zero attached hydrogens (tertiary/aromatic N) is 4. The third-order valence-corrected chi connectivity index (χ3v) is 18.6. The van der Waals surface area contributed by atoms with E-state index in [1.165, 1.54) is 122 Å². The van der Waals surface area contributed by atoms with Crippen molar-refractivity contribution in [3.63, 3.8) is 0 Å². The maximum Gasteiger partial charge on any atom is 0.0541 e. The fraction of sp³-hybridized carbons (Fsp3) is 0.0353. The Morgan fingerprint density at radius 2 is 0.678 bits per heavy atom. The van der Waals surface area contributed by atoms with Gasteiger partial charge in [0.15, 0.2) is 0 Å². The second-order valence-corrected chi connectivity index (χ2v) is 23.5. The molecule has 16 aromatic rings. The summed E-state index contributed by atoms with van der Waals surface area (Å²) in [6.45, 7) is 0. The number of rotatable bonds is 8. The molecule has 4 nitrogen and oxygen atoms in total. The van der Waals surface area contributed by atoms with Crippen LogP contribution in [0, 0.1) is 12.1 Å². The van der Waals surface area contributed by atoms with Crippen LogP contribution in [-0.2, 0) is 38.4 Å². The second kappa shape index (κ2) is 22.7. The molecule has 18 rings (SSSR count). The Morgan fingerprint density at radius 1 is 0.311 bits per heavy atom. The van der Waals surface area contributed by atoms with Crippen molar-refractivity contribution in [3.8, 4) is 89.5 Å². The summed E-state index contributed by atoms with van der Waals surface area (Å²) < 4.78 is 4.76. The Bertz CT molecular complexity index is 4930. The first kappa shape index (κ1) is 54.6. The van der Waals surface area contributed by atoms with E-state index < -0.39 is 0 Å². The molecular weight excluding hydrogens is 1270 g/mol. The van der Waals surface area contributed by atoms with Gasteiger partial charge in [-0.25, -0.2) is 0 Å². The van der Waals surface area contributed by atoms with Crippen LogP contribution >= 0.6 is 0 Å². The molecule has 90 heavy (non-hydrogen) atoms. The van der Waals surface area contributed by atoms with Gasteiger partial charge in [-0.15, -0.1) is 70.8 Å². The molecule has 1 spiro atoms. The molecule has 0 aliphatic heterocycles. The van der Waals surface area contributed by atoms with Crippen LogP contribution in [0.3, 0.4) is 0 Å². The molecule has 0 N–H and O–H groups in total. The van der Waals surface area contributed by atoms with Crippen molar-refractivity contribution in [2.24, 2.45) is 0 Å². The van der Waals surface area contributed by atoms with E-state index in [-0.39, 0.29) is 25.5 Å². The maximum absolute atomic E-state index is 4.71. The molecule has 0 fully saturated rings. The first-order valence-electron chi connectivity index (χ1n) is 30.6. The van der Waals surface area contributed by atoms with Gasteiger partial charge in [0.05, 0.1) is 22.1 Å². The Hall–Kier alpha value is -10.8. The van der Waals surface area contributed by atoms with Gasteiger partial charge in [0.1, 0.15) is 0 Å². The largest absolute Gasteiger partial charge is 0.309 e. The Labute approximate surface area is 537 Å². The van der Waals surface area contributed by atoms with E-state index in [0.29, 0.717) is 0 Å². The molecular formula is C85H56IrN4-2. The molecule has 0 saturated carbocycles. The van der Waals surface area contributed by atoms with Gasteiger partial charge in [-0.3, -0.25) is 0 Å². The number of fused-ring (bicyclic) bond motifs is 12. The van der Waals surface area contributed by atoms with Crippen molar-refractivity contribution >= 4 is 43.6 Å². The van der Waals surface area contributed by atoms with Crippen LogP contribution in [0.5, 0.6) is 0 Å². The average Bonchev–Trinajstić information content (AvgIpc) is 2.00. The van der Waals surface area contributed by atoms with E-state index in [1.54, 1.807) is 6.20 Å².